The average Bonchev–Trinajstić information content (AvgIpc) is 2.71. The number of fused-ring (bicyclic) bond motifs is 3. The first-order valence-electron chi connectivity index (χ1n) is 9.53. The molecule has 3 N–H and O–H groups in total. The Bertz CT molecular complexity index is 1130. The molecule has 2 heterocycles. The van der Waals surface area contributed by atoms with Gasteiger partial charge in [-0.25, -0.2) is 4.79 Å². The smallest absolute Gasteiger partial charge is 0.431 e. The van der Waals surface area contributed by atoms with Crippen molar-refractivity contribution < 1.29 is 24.0 Å². The van der Waals surface area contributed by atoms with Crippen LogP contribution in [-0.4, -0.2) is 46.6 Å². The fraction of sp³-hybridized carbons (Fsp3) is 0.286. The molecule has 0 aliphatic carbocycles. The number of carbonyl (C=O) groups excluding carboxylic acids is 3. The number of rotatable bonds is 6. The maximum Gasteiger partial charge on any atom is 0.431 e. The predicted molar refractivity (Wildman–Crippen MR) is 114 cm³/mol. The Morgan fingerprint density at radius 1 is 1.00 bits per heavy atom. The summed E-state index contributed by atoms with van der Waals surface area (Å²) in [7, 11) is 0. The van der Waals surface area contributed by atoms with E-state index in [-0.39, 0.29) is 6.54 Å². The van der Waals surface area contributed by atoms with E-state index in [1.54, 1.807) is 51.4 Å². The highest BCUT2D eigenvalue weighted by Gasteiger charge is 2.17. The van der Waals surface area contributed by atoms with Crippen LogP contribution in [0.3, 0.4) is 0 Å². The zero-order valence-corrected chi connectivity index (χ0v) is 17.4. The van der Waals surface area contributed by atoms with Gasteiger partial charge in [0.2, 0.25) is 11.8 Å². The van der Waals surface area contributed by atoms with Crippen molar-refractivity contribution in [3.8, 4) is 0 Å². The molecule has 0 fully saturated rings. The van der Waals surface area contributed by atoms with E-state index in [1.807, 2.05) is 17.6 Å². The standard InChI is InChI=1S/C21H23N5O5/c1-21(2,3)31-20(29)26-30-12-17(28)24-11-16(27)25-15-10-13-6-4-8-22-18(13)19-14(15)7-5-9-23-19/h4-10H,11-12H2,1-3H3,(H,24,28)(H,25,27)(H,26,29). The molecule has 0 bridgehead atoms. The molecule has 0 radical (unpaired) electrons. The van der Waals surface area contributed by atoms with Crippen molar-refractivity contribution in [2.75, 3.05) is 18.5 Å². The SMILES string of the molecule is CC(C)(C)OC(=O)NOCC(=O)NCC(=O)Nc1cc2cccnc2c2ncccc12. The minimum absolute atomic E-state index is 0.276. The third-order valence-corrected chi connectivity index (χ3v) is 3.94. The molecular weight excluding hydrogens is 402 g/mol. The molecule has 10 nitrogen and oxygen atoms in total. The average molecular weight is 425 g/mol. The lowest BCUT2D eigenvalue weighted by atomic mass is 10.1. The van der Waals surface area contributed by atoms with Crippen LogP contribution >= 0.6 is 0 Å². The molecule has 0 saturated heterocycles. The van der Waals surface area contributed by atoms with Crippen LogP contribution in [0.2, 0.25) is 0 Å². The van der Waals surface area contributed by atoms with Crippen LogP contribution in [0.1, 0.15) is 20.8 Å². The Balaban J connectivity index is 1.54. The van der Waals surface area contributed by atoms with Crippen molar-refractivity contribution in [1.82, 2.24) is 20.8 Å². The molecule has 31 heavy (non-hydrogen) atoms. The van der Waals surface area contributed by atoms with E-state index in [0.29, 0.717) is 11.2 Å². The second-order valence-electron chi connectivity index (χ2n) is 7.62. The Hall–Kier alpha value is -3.79. The molecule has 0 unspecified atom stereocenters. The maximum atomic E-state index is 12.3. The van der Waals surface area contributed by atoms with Gasteiger partial charge in [-0.05, 0) is 45.0 Å². The summed E-state index contributed by atoms with van der Waals surface area (Å²) in [6.07, 6.45) is 2.53. The molecule has 0 saturated carbocycles. The molecule has 0 spiro atoms. The van der Waals surface area contributed by atoms with Gasteiger partial charge in [0, 0.05) is 23.2 Å². The lowest BCUT2D eigenvalue weighted by Crippen LogP contribution is -2.38. The third kappa shape index (κ3) is 6.09. The summed E-state index contributed by atoms with van der Waals surface area (Å²) in [5.74, 6) is -1.01. The van der Waals surface area contributed by atoms with Crippen molar-refractivity contribution in [2.24, 2.45) is 0 Å². The summed E-state index contributed by atoms with van der Waals surface area (Å²) in [5.41, 5.74) is 3.28. The predicted octanol–water partition coefficient (Wildman–Crippen LogP) is 2.29. The number of hydrogen-bond donors (Lipinski definition) is 3. The summed E-state index contributed by atoms with van der Waals surface area (Å²) in [6, 6.07) is 9.08. The first-order valence-corrected chi connectivity index (χ1v) is 9.53. The molecule has 3 rings (SSSR count). The number of nitrogens with one attached hydrogen (secondary N) is 3. The number of hydrogen-bond acceptors (Lipinski definition) is 7. The molecule has 10 heteroatoms. The quantitative estimate of drug-likeness (QED) is 0.408. The molecule has 1 aromatic carbocycles. The second kappa shape index (κ2) is 9.35. The van der Waals surface area contributed by atoms with Crippen LogP contribution < -0.4 is 16.1 Å². The number of nitrogens with zero attached hydrogens (tertiary/aromatic N) is 2. The van der Waals surface area contributed by atoms with Gasteiger partial charge in [0.25, 0.3) is 0 Å². The number of amides is 3. The van der Waals surface area contributed by atoms with E-state index in [1.165, 1.54) is 0 Å². The van der Waals surface area contributed by atoms with Gasteiger partial charge in [0.05, 0.1) is 23.3 Å². The van der Waals surface area contributed by atoms with Crippen LogP contribution in [0.25, 0.3) is 21.8 Å². The number of ether oxygens (including phenoxy) is 1. The lowest BCUT2D eigenvalue weighted by Gasteiger charge is -2.19. The van der Waals surface area contributed by atoms with Gasteiger partial charge in [-0.3, -0.25) is 24.4 Å². The Kier molecular flexibility index (Phi) is 6.61. The van der Waals surface area contributed by atoms with Crippen molar-refractivity contribution in [3.05, 3.63) is 42.7 Å². The van der Waals surface area contributed by atoms with Crippen LogP contribution in [0.4, 0.5) is 10.5 Å². The number of carbonyl (C=O) groups is 3. The zero-order valence-electron chi connectivity index (χ0n) is 17.4. The van der Waals surface area contributed by atoms with Gasteiger partial charge in [-0.15, -0.1) is 0 Å². The van der Waals surface area contributed by atoms with Gasteiger partial charge >= 0.3 is 6.09 Å². The van der Waals surface area contributed by atoms with Crippen molar-refractivity contribution >= 4 is 45.4 Å². The fourth-order valence-electron chi connectivity index (χ4n) is 2.76. The highest BCUT2D eigenvalue weighted by molar-refractivity contribution is 6.12. The van der Waals surface area contributed by atoms with E-state index < -0.39 is 30.1 Å². The van der Waals surface area contributed by atoms with Crippen molar-refractivity contribution in [2.45, 2.75) is 26.4 Å². The number of hydroxylamine groups is 1. The van der Waals surface area contributed by atoms with Gasteiger partial charge in [0.1, 0.15) is 5.60 Å². The molecule has 0 aliphatic rings. The summed E-state index contributed by atoms with van der Waals surface area (Å²) >= 11 is 0. The van der Waals surface area contributed by atoms with Gasteiger partial charge in [0.15, 0.2) is 6.61 Å². The van der Waals surface area contributed by atoms with Crippen molar-refractivity contribution in [1.29, 1.82) is 0 Å². The van der Waals surface area contributed by atoms with E-state index in [2.05, 4.69) is 20.6 Å². The van der Waals surface area contributed by atoms with E-state index in [0.717, 1.165) is 16.3 Å². The number of anilines is 1. The van der Waals surface area contributed by atoms with Crippen LogP contribution in [-0.2, 0) is 19.2 Å². The van der Waals surface area contributed by atoms with Gasteiger partial charge in [-0.1, -0.05) is 6.07 Å². The van der Waals surface area contributed by atoms with Crippen molar-refractivity contribution in [3.63, 3.8) is 0 Å². The topological polar surface area (TPSA) is 132 Å². The van der Waals surface area contributed by atoms with Crippen LogP contribution in [0.15, 0.2) is 42.7 Å². The molecule has 3 aromatic rings. The Morgan fingerprint density at radius 2 is 1.71 bits per heavy atom. The van der Waals surface area contributed by atoms with Crippen LogP contribution in [0, 0.1) is 0 Å². The summed E-state index contributed by atoms with van der Waals surface area (Å²) < 4.78 is 4.97. The highest BCUT2D eigenvalue weighted by atomic mass is 16.7. The summed E-state index contributed by atoms with van der Waals surface area (Å²) in [4.78, 5) is 49.1. The van der Waals surface area contributed by atoms with E-state index in [4.69, 9.17) is 9.57 Å². The highest BCUT2D eigenvalue weighted by Crippen LogP contribution is 2.29. The third-order valence-electron chi connectivity index (χ3n) is 3.94. The molecule has 2 aromatic heterocycles. The first kappa shape index (κ1) is 21.9. The summed E-state index contributed by atoms with van der Waals surface area (Å²) in [5, 5.41) is 6.76. The zero-order chi connectivity index (χ0) is 22.4. The minimum Gasteiger partial charge on any atom is -0.442 e. The monoisotopic (exact) mass is 425 g/mol. The molecule has 3 amide bonds. The Labute approximate surface area is 178 Å². The normalized spacial score (nSPS) is 11.2. The Morgan fingerprint density at radius 3 is 2.45 bits per heavy atom. The van der Waals surface area contributed by atoms with E-state index in [9.17, 15) is 14.4 Å². The molecule has 0 atom stereocenters. The van der Waals surface area contributed by atoms with E-state index >= 15 is 0 Å². The maximum absolute atomic E-state index is 12.3. The summed E-state index contributed by atoms with van der Waals surface area (Å²) in [6.45, 7) is 4.35. The molecule has 0 aliphatic heterocycles. The second-order valence-corrected chi connectivity index (χ2v) is 7.62. The number of benzene rings is 1. The van der Waals surface area contributed by atoms with Gasteiger partial charge in [-0.2, -0.15) is 5.48 Å². The van der Waals surface area contributed by atoms with Gasteiger partial charge < -0.3 is 15.4 Å². The molecular formula is C21H23N5O5. The minimum atomic E-state index is -0.815. The molecule has 162 valence electrons. The fourth-order valence-corrected chi connectivity index (χ4v) is 2.76. The number of aromatic nitrogens is 2. The number of pyridine rings is 2. The lowest BCUT2D eigenvalue weighted by molar-refractivity contribution is -0.129. The first-order chi connectivity index (χ1) is 14.7. The van der Waals surface area contributed by atoms with Crippen LogP contribution in [0.5, 0.6) is 0 Å². The largest absolute Gasteiger partial charge is 0.442 e.